The van der Waals surface area contributed by atoms with Crippen LogP contribution in [0.4, 0.5) is 0 Å². The van der Waals surface area contributed by atoms with Crippen LogP contribution in [0.5, 0.6) is 5.75 Å². The Morgan fingerprint density at radius 1 is 1.04 bits per heavy atom. The molecule has 4 rings (SSSR count). The predicted molar refractivity (Wildman–Crippen MR) is 115 cm³/mol. The second-order valence-electron chi connectivity index (χ2n) is 7.71. The van der Waals surface area contributed by atoms with Crippen molar-refractivity contribution >= 4 is 16.7 Å². The molecular weight excluding hydrogens is 346 g/mol. The number of hydrogen-bond acceptors (Lipinski definition) is 2. The fourth-order valence-electron chi connectivity index (χ4n) is 3.97. The third-order valence-electron chi connectivity index (χ3n) is 5.79. The number of hydrogen-bond donors (Lipinski definition) is 1. The van der Waals surface area contributed by atoms with Crippen molar-refractivity contribution in [3.05, 3.63) is 66.2 Å². The molecule has 1 N–H and O–H groups in total. The molecule has 0 radical (unpaired) electrons. The zero-order chi connectivity index (χ0) is 19.5. The molecule has 1 aliphatic carbocycles. The molecule has 0 aromatic heterocycles. The summed E-state index contributed by atoms with van der Waals surface area (Å²) in [6, 6.07) is 21.5. The van der Waals surface area contributed by atoms with Crippen molar-refractivity contribution in [1.82, 2.24) is 5.32 Å². The minimum atomic E-state index is 0.145. The van der Waals surface area contributed by atoms with Crippen LogP contribution in [0.25, 0.3) is 21.9 Å². The van der Waals surface area contributed by atoms with Crippen molar-refractivity contribution < 1.29 is 9.53 Å². The third kappa shape index (κ3) is 4.04. The van der Waals surface area contributed by atoms with Crippen LogP contribution < -0.4 is 10.1 Å². The van der Waals surface area contributed by atoms with Gasteiger partial charge in [0.25, 0.3) is 0 Å². The van der Waals surface area contributed by atoms with E-state index in [1.807, 2.05) is 13.0 Å². The Labute approximate surface area is 166 Å². The summed E-state index contributed by atoms with van der Waals surface area (Å²) in [5.74, 6) is 2.27. The highest BCUT2D eigenvalue weighted by Gasteiger charge is 2.37. The van der Waals surface area contributed by atoms with Gasteiger partial charge in [-0.15, -0.1) is 0 Å². The molecule has 0 spiro atoms. The molecule has 1 aliphatic rings. The molecule has 1 fully saturated rings. The topological polar surface area (TPSA) is 38.3 Å². The number of nitrogens with one attached hydrogen (secondary N) is 1. The van der Waals surface area contributed by atoms with Crippen LogP contribution in [0.2, 0.25) is 0 Å². The molecule has 0 saturated heterocycles. The average molecular weight is 373 g/mol. The van der Waals surface area contributed by atoms with E-state index in [2.05, 4.69) is 59.9 Å². The van der Waals surface area contributed by atoms with E-state index in [0.717, 1.165) is 18.7 Å². The van der Waals surface area contributed by atoms with E-state index >= 15 is 0 Å². The smallest absolute Gasteiger partial charge is 0.219 e. The minimum absolute atomic E-state index is 0.145. The lowest BCUT2D eigenvalue weighted by molar-refractivity contribution is -0.120. The molecule has 2 atom stereocenters. The molecule has 28 heavy (non-hydrogen) atoms. The number of benzene rings is 3. The van der Waals surface area contributed by atoms with Crippen molar-refractivity contribution in [2.45, 2.75) is 26.2 Å². The second kappa shape index (κ2) is 8.05. The van der Waals surface area contributed by atoms with E-state index < -0.39 is 0 Å². The fourth-order valence-corrected chi connectivity index (χ4v) is 3.97. The van der Waals surface area contributed by atoms with E-state index in [4.69, 9.17) is 4.74 Å². The van der Waals surface area contributed by atoms with E-state index in [1.165, 1.54) is 33.9 Å². The Balaban J connectivity index is 1.63. The van der Waals surface area contributed by atoms with Crippen LogP contribution in [0.15, 0.2) is 60.7 Å². The fraction of sp³-hybridized carbons (Fsp3) is 0.320. The Hall–Kier alpha value is -2.81. The van der Waals surface area contributed by atoms with Crippen LogP contribution in [-0.2, 0) is 11.2 Å². The summed E-state index contributed by atoms with van der Waals surface area (Å²) in [6.07, 6.45) is 2.78. The quantitative estimate of drug-likeness (QED) is 0.616. The van der Waals surface area contributed by atoms with Gasteiger partial charge in [-0.1, -0.05) is 49.4 Å². The van der Waals surface area contributed by atoms with Gasteiger partial charge in [-0.05, 0) is 70.3 Å². The highest BCUT2D eigenvalue weighted by molar-refractivity contribution is 5.91. The van der Waals surface area contributed by atoms with E-state index in [-0.39, 0.29) is 5.91 Å². The summed E-state index contributed by atoms with van der Waals surface area (Å²) in [6.45, 7) is 2.70. The van der Waals surface area contributed by atoms with Gasteiger partial charge in [0, 0.05) is 13.0 Å². The van der Waals surface area contributed by atoms with E-state index in [1.54, 1.807) is 7.11 Å². The third-order valence-corrected chi connectivity index (χ3v) is 5.79. The molecule has 144 valence electrons. The number of amides is 1. The lowest BCUT2D eigenvalue weighted by Crippen LogP contribution is -2.24. The van der Waals surface area contributed by atoms with Gasteiger partial charge in [0.2, 0.25) is 5.91 Å². The molecule has 0 aliphatic heterocycles. The lowest BCUT2D eigenvalue weighted by atomic mass is 9.93. The maximum absolute atomic E-state index is 11.5. The van der Waals surface area contributed by atoms with E-state index in [9.17, 15) is 4.79 Å². The SMILES string of the molecule is CCC(=O)NCC1CC1Cc1cc(-c2ccccc2)cc2ccc(OC)cc12. The number of methoxy groups -OCH3 is 1. The molecule has 3 aromatic carbocycles. The largest absolute Gasteiger partial charge is 0.497 e. The lowest BCUT2D eigenvalue weighted by Gasteiger charge is -2.12. The zero-order valence-corrected chi connectivity index (χ0v) is 16.6. The highest BCUT2D eigenvalue weighted by atomic mass is 16.5. The maximum atomic E-state index is 11.5. The molecule has 3 nitrogen and oxygen atoms in total. The summed E-state index contributed by atoms with van der Waals surface area (Å²) in [5.41, 5.74) is 3.86. The van der Waals surface area contributed by atoms with Crippen molar-refractivity contribution in [3.63, 3.8) is 0 Å². The van der Waals surface area contributed by atoms with Crippen LogP contribution >= 0.6 is 0 Å². The molecule has 1 amide bonds. The monoisotopic (exact) mass is 373 g/mol. The summed E-state index contributed by atoms with van der Waals surface area (Å²) >= 11 is 0. The van der Waals surface area contributed by atoms with Gasteiger partial charge in [-0.25, -0.2) is 0 Å². The molecule has 0 bridgehead atoms. The summed E-state index contributed by atoms with van der Waals surface area (Å²) in [7, 11) is 1.71. The molecule has 3 heteroatoms. The van der Waals surface area contributed by atoms with Crippen LogP contribution in [0.3, 0.4) is 0 Å². The van der Waals surface area contributed by atoms with Gasteiger partial charge in [0.05, 0.1) is 7.11 Å². The first-order valence-electron chi connectivity index (χ1n) is 10.1. The molecule has 3 aromatic rings. The zero-order valence-electron chi connectivity index (χ0n) is 16.6. The molecular formula is C25H27NO2. The van der Waals surface area contributed by atoms with Gasteiger partial charge >= 0.3 is 0 Å². The van der Waals surface area contributed by atoms with Crippen LogP contribution in [-0.4, -0.2) is 19.6 Å². The molecule has 2 unspecified atom stereocenters. The number of carbonyl (C=O) groups excluding carboxylic acids is 1. The average Bonchev–Trinajstić information content (AvgIpc) is 3.49. The maximum Gasteiger partial charge on any atom is 0.219 e. The summed E-state index contributed by atoms with van der Waals surface area (Å²) in [4.78, 5) is 11.5. The van der Waals surface area contributed by atoms with Gasteiger partial charge in [0.1, 0.15) is 5.75 Å². The van der Waals surface area contributed by atoms with Crippen molar-refractivity contribution in [2.24, 2.45) is 11.8 Å². The predicted octanol–water partition coefficient (Wildman–Crippen LogP) is 5.22. The Morgan fingerprint density at radius 2 is 1.86 bits per heavy atom. The van der Waals surface area contributed by atoms with Gasteiger partial charge in [-0.3, -0.25) is 4.79 Å². The normalized spacial score (nSPS) is 18.1. The minimum Gasteiger partial charge on any atom is -0.497 e. The number of fused-ring (bicyclic) bond motifs is 1. The Bertz CT molecular complexity index is 981. The first kappa shape index (κ1) is 18.5. The summed E-state index contributed by atoms with van der Waals surface area (Å²) < 4.78 is 5.46. The Kier molecular flexibility index (Phi) is 5.34. The highest BCUT2D eigenvalue weighted by Crippen LogP contribution is 2.42. The van der Waals surface area contributed by atoms with Crippen LogP contribution in [0.1, 0.15) is 25.3 Å². The van der Waals surface area contributed by atoms with E-state index in [0.29, 0.717) is 18.3 Å². The van der Waals surface area contributed by atoms with Crippen molar-refractivity contribution in [3.8, 4) is 16.9 Å². The number of rotatable bonds is 7. The van der Waals surface area contributed by atoms with Crippen molar-refractivity contribution in [1.29, 1.82) is 0 Å². The second-order valence-corrected chi connectivity index (χ2v) is 7.71. The van der Waals surface area contributed by atoms with Gasteiger partial charge < -0.3 is 10.1 Å². The number of carbonyl (C=O) groups is 1. The van der Waals surface area contributed by atoms with Crippen LogP contribution in [0, 0.1) is 11.8 Å². The van der Waals surface area contributed by atoms with Crippen molar-refractivity contribution in [2.75, 3.05) is 13.7 Å². The van der Waals surface area contributed by atoms with Gasteiger partial charge in [-0.2, -0.15) is 0 Å². The first-order valence-corrected chi connectivity index (χ1v) is 10.1. The first-order chi connectivity index (χ1) is 13.7. The molecule has 1 saturated carbocycles. The number of ether oxygens (including phenoxy) is 1. The Morgan fingerprint density at radius 3 is 2.61 bits per heavy atom. The van der Waals surface area contributed by atoms with Gasteiger partial charge in [0.15, 0.2) is 0 Å². The standard InChI is InChI=1S/C25H27NO2/c1-3-25(27)26-16-22-14-20(22)13-21-12-19(17-7-5-4-6-8-17)11-18-9-10-23(28-2)15-24(18)21/h4-12,15,20,22H,3,13-14,16H2,1-2H3,(H,26,27). The molecule has 0 heterocycles. The summed E-state index contributed by atoms with van der Waals surface area (Å²) in [5, 5.41) is 5.55.